The molecule has 2 aromatic carbocycles. The van der Waals surface area contributed by atoms with Gasteiger partial charge in [-0.25, -0.2) is 0 Å². The van der Waals surface area contributed by atoms with E-state index in [1.807, 2.05) is 18.2 Å². The number of carbonyl (C=O) groups is 1. The zero-order valence-electron chi connectivity index (χ0n) is 13.7. The van der Waals surface area contributed by atoms with Gasteiger partial charge in [0.25, 0.3) is 5.91 Å². The molecule has 0 saturated heterocycles. The molecule has 0 aromatic heterocycles. The van der Waals surface area contributed by atoms with E-state index < -0.39 is 12.2 Å². The number of nitrogens with one attached hydrogen (secondary N) is 1. The highest BCUT2D eigenvalue weighted by atomic mass is 16.6. The maximum atomic E-state index is 12.6. The van der Waals surface area contributed by atoms with E-state index >= 15 is 0 Å². The number of fused-ring (bicyclic) bond motifs is 1. The van der Waals surface area contributed by atoms with Gasteiger partial charge < -0.3 is 24.3 Å². The first-order chi connectivity index (χ1) is 11.6. The van der Waals surface area contributed by atoms with Crippen LogP contribution < -0.4 is 24.3 Å². The van der Waals surface area contributed by atoms with Gasteiger partial charge in [-0.3, -0.25) is 4.79 Å². The number of anilines is 1. The molecule has 3 rings (SSSR count). The largest absolute Gasteiger partial charge is 0.497 e. The third kappa shape index (κ3) is 3.08. The normalized spacial score (nSPS) is 18.6. The van der Waals surface area contributed by atoms with Crippen LogP contribution in [0.5, 0.6) is 23.0 Å². The minimum absolute atomic E-state index is 0.316. The van der Waals surface area contributed by atoms with Crippen molar-refractivity contribution in [2.45, 2.75) is 19.1 Å². The average Bonchev–Trinajstić information content (AvgIpc) is 2.60. The Morgan fingerprint density at radius 3 is 2.42 bits per heavy atom. The number of methoxy groups -OCH3 is 2. The summed E-state index contributed by atoms with van der Waals surface area (Å²) in [5, 5.41) is 2.82. The predicted octanol–water partition coefficient (Wildman–Crippen LogP) is 2.87. The van der Waals surface area contributed by atoms with Crippen LogP contribution in [0.3, 0.4) is 0 Å². The molecule has 0 radical (unpaired) electrons. The summed E-state index contributed by atoms with van der Waals surface area (Å²) < 4.78 is 22.0. The Morgan fingerprint density at radius 2 is 1.75 bits per heavy atom. The fraction of sp³-hybridized carbons (Fsp3) is 0.278. The van der Waals surface area contributed by atoms with E-state index in [1.165, 1.54) is 7.11 Å². The Labute approximate surface area is 140 Å². The van der Waals surface area contributed by atoms with Gasteiger partial charge in [-0.05, 0) is 31.2 Å². The number of hydrogen-bond acceptors (Lipinski definition) is 5. The number of carbonyl (C=O) groups excluding carboxylic acids is 1. The van der Waals surface area contributed by atoms with Crippen LogP contribution in [0, 0.1) is 0 Å². The van der Waals surface area contributed by atoms with Gasteiger partial charge in [-0.15, -0.1) is 0 Å². The molecule has 24 heavy (non-hydrogen) atoms. The van der Waals surface area contributed by atoms with Gasteiger partial charge in [0.05, 0.1) is 19.9 Å². The summed E-state index contributed by atoms with van der Waals surface area (Å²) in [6, 6.07) is 12.4. The molecular formula is C18H19NO5. The Hall–Kier alpha value is -2.89. The van der Waals surface area contributed by atoms with Crippen molar-refractivity contribution in [3.63, 3.8) is 0 Å². The summed E-state index contributed by atoms with van der Waals surface area (Å²) in [5.74, 6) is 2.02. The number of benzene rings is 2. The fourth-order valence-corrected chi connectivity index (χ4v) is 2.52. The van der Waals surface area contributed by atoms with Gasteiger partial charge in [0.2, 0.25) is 6.10 Å². The zero-order chi connectivity index (χ0) is 17.1. The lowest BCUT2D eigenvalue weighted by atomic mass is 10.1. The van der Waals surface area contributed by atoms with E-state index in [-0.39, 0.29) is 5.91 Å². The molecule has 0 fully saturated rings. The monoisotopic (exact) mass is 329 g/mol. The SMILES string of the molecule is COc1ccc(OC)c(NC(=O)[C@H]2Oc3ccccc3O[C@@H]2C)c1. The summed E-state index contributed by atoms with van der Waals surface area (Å²) in [6.07, 6.45) is -1.19. The van der Waals surface area contributed by atoms with Crippen LogP contribution in [0.25, 0.3) is 0 Å². The van der Waals surface area contributed by atoms with Crippen molar-refractivity contribution < 1.29 is 23.7 Å². The average molecular weight is 329 g/mol. The molecule has 0 saturated carbocycles. The van der Waals surface area contributed by atoms with Crippen molar-refractivity contribution in [2.75, 3.05) is 19.5 Å². The van der Waals surface area contributed by atoms with Crippen LogP contribution in [0.2, 0.25) is 0 Å². The highest BCUT2D eigenvalue weighted by Gasteiger charge is 2.34. The molecule has 1 N–H and O–H groups in total. The van der Waals surface area contributed by atoms with Gasteiger partial charge in [-0.1, -0.05) is 12.1 Å². The third-order valence-corrected chi connectivity index (χ3v) is 3.77. The minimum atomic E-state index is -0.768. The standard InChI is InChI=1S/C18H19NO5/c1-11-17(24-16-7-5-4-6-15(16)23-11)18(20)19-13-10-12(21-2)8-9-14(13)22-3/h4-11,17H,1-3H3,(H,19,20)/t11-,17+/m1/s1. The molecule has 6 nitrogen and oxygen atoms in total. The highest BCUT2D eigenvalue weighted by Crippen LogP contribution is 2.34. The van der Waals surface area contributed by atoms with Crippen molar-refractivity contribution in [3.05, 3.63) is 42.5 Å². The van der Waals surface area contributed by atoms with E-state index in [0.29, 0.717) is 28.7 Å². The second kappa shape index (κ2) is 6.70. The highest BCUT2D eigenvalue weighted by molar-refractivity contribution is 5.96. The maximum Gasteiger partial charge on any atom is 0.269 e. The Bertz CT molecular complexity index is 746. The second-order valence-electron chi connectivity index (χ2n) is 5.36. The lowest BCUT2D eigenvalue weighted by Crippen LogP contribution is -2.46. The molecule has 1 aliphatic heterocycles. The number of ether oxygens (including phenoxy) is 4. The summed E-state index contributed by atoms with van der Waals surface area (Å²) in [6.45, 7) is 1.79. The van der Waals surface area contributed by atoms with Crippen LogP contribution in [0.15, 0.2) is 42.5 Å². The molecule has 0 aliphatic carbocycles. The van der Waals surface area contributed by atoms with Crippen molar-refractivity contribution >= 4 is 11.6 Å². The molecule has 1 amide bonds. The van der Waals surface area contributed by atoms with Gasteiger partial charge >= 0.3 is 0 Å². The molecule has 2 aromatic rings. The molecular weight excluding hydrogens is 310 g/mol. The minimum Gasteiger partial charge on any atom is -0.497 e. The smallest absolute Gasteiger partial charge is 0.269 e. The lowest BCUT2D eigenvalue weighted by molar-refractivity contribution is -0.128. The van der Waals surface area contributed by atoms with E-state index in [1.54, 1.807) is 38.3 Å². The quantitative estimate of drug-likeness (QED) is 0.934. The van der Waals surface area contributed by atoms with Gasteiger partial charge in [-0.2, -0.15) is 0 Å². The molecule has 1 aliphatic rings. The topological polar surface area (TPSA) is 66.0 Å². The summed E-state index contributed by atoms with van der Waals surface area (Å²) in [5.41, 5.74) is 0.511. The van der Waals surface area contributed by atoms with Crippen LogP contribution in [-0.2, 0) is 4.79 Å². The molecule has 1 heterocycles. The number of amides is 1. The zero-order valence-corrected chi connectivity index (χ0v) is 13.7. The van der Waals surface area contributed by atoms with Gasteiger partial charge in [0.1, 0.15) is 17.6 Å². The molecule has 126 valence electrons. The van der Waals surface area contributed by atoms with Gasteiger partial charge in [0, 0.05) is 6.07 Å². The number of para-hydroxylation sites is 2. The van der Waals surface area contributed by atoms with Crippen molar-refractivity contribution in [1.82, 2.24) is 0 Å². The maximum absolute atomic E-state index is 12.6. The Balaban J connectivity index is 1.80. The Morgan fingerprint density at radius 1 is 1.04 bits per heavy atom. The molecule has 0 spiro atoms. The summed E-state index contributed by atoms with van der Waals surface area (Å²) in [7, 11) is 3.10. The first-order valence-electron chi connectivity index (χ1n) is 7.57. The molecule has 0 unspecified atom stereocenters. The predicted molar refractivity (Wildman–Crippen MR) is 89.1 cm³/mol. The van der Waals surface area contributed by atoms with E-state index in [0.717, 1.165) is 0 Å². The molecule has 2 atom stereocenters. The van der Waals surface area contributed by atoms with Crippen molar-refractivity contribution in [2.24, 2.45) is 0 Å². The molecule has 6 heteroatoms. The van der Waals surface area contributed by atoms with Crippen LogP contribution in [0.1, 0.15) is 6.92 Å². The fourth-order valence-electron chi connectivity index (χ4n) is 2.52. The van der Waals surface area contributed by atoms with Crippen LogP contribution >= 0.6 is 0 Å². The van der Waals surface area contributed by atoms with E-state index in [4.69, 9.17) is 18.9 Å². The van der Waals surface area contributed by atoms with E-state index in [2.05, 4.69) is 5.32 Å². The summed E-state index contributed by atoms with van der Waals surface area (Å²) in [4.78, 5) is 12.6. The second-order valence-corrected chi connectivity index (χ2v) is 5.36. The van der Waals surface area contributed by atoms with Crippen LogP contribution in [0.4, 0.5) is 5.69 Å². The number of hydrogen-bond donors (Lipinski definition) is 1. The van der Waals surface area contributed by atoms with Crippen molar-refractivity contribution in [1.29, 1.82) is 0 Å². The van der Waals surface area contributed by atoms with E-state index in [9.17, 15) is 4.79 Å². The van der Waals surface area contributed by atoms with Gasteiger partial charge in [0.15, 0.2) is 11.5 Å². The first-order valence-corrected chi connectivity index (χ1v) is 7.57. The molecule has 0 bridgehead atoms. The third-order valence-electron chi connectivity index (χ3n) is 3.77. The van der Waals surface area contributed by atoms with Crippen molar-refractivity contribution in [3.8, 4) is 23.0 Å². The van der Waals surface area contributed by atoms with Crippen LogP contribution in [-0.4, -0.2) is 32.3 Å². The lowest BCUT2D eigenvalue weighted by Gasteiger charge is -2.31. The Kier molecular flexibility index (Phi) is 4.46. The summed E-state index contributed by atoms with van der Waals surface area (Å²) >= 11 is 0. The number of rotatable bonds is 4. The first kappa shape index (κ1) is 16.0.